The summed E-state index contributed by atoms with van der Waals surface area (Å²) in [5.74, 6) is 0.631. The molecule has 1 saturated heterocycles. The molecule has 0 saturated carbocycles. The smallest absolute Gasteiger partial charge is 0.340 e. The average Bonchev–Trinajstić information content (AvgIpc) is 2.97. The second-order valence-corrected chi connectivity index (χ2v) is 7.01. The summed E-state index contributed by atoms with van der Waals surface area (Å²) in [5.41, 5.74) is 2.13. The van der Waals surface area contributed by atoms with Gasteiger partial charge in [-0.25, -0.2) is 4.79 Å². The number of nitro groups is 1. The first-order valence-corrected chi connectivity index (χ1v) is 8.99. The van der Waals surface area contributed by atoms with Gasteiger partial charge in [-0.15, -0.1) is 0 Å². The summed E-state index contributed by atoms with van der Waals surface area (Å²) in [7, 11) is 0. The molecule has 3 rings (SSSR count). The fourth-order valence-corrected chi connectivity index (χ4v) is 3.25. The highest BCUT2D eigenvalue weighted by Gasteiger charge is 2.25. The van der Waals surface area contributed by atoms with E-state index in [1.54, 1.807) is 19.9 Å². The van der Waals surface area contributed by atoms with E-state index in [1.807, 2.05) is 0 Å². The molecule has 0 amide bonds. The van der Waals surface area contributed by atoms with Crippen LogP contribution in [0.3, 0.4) is 0 Å². The normalized spacial score (nSPS) is 15.0. The molecule has 2 aromatic rings. The van der Waals surface area contributed by atoms with Crippen molar-refractivity contribution in [1.29, 1.82) is 0 Å². The molecule has 1 aromatic heterocycles. The number of esters is 1. The highest BCUT2D eigenvalue weighted by atomic mass is 16.6. The second kappa shape index (κ2) is 7.77. The molecule has 0 radical (unpaired) electrons. The number of non-ortho nitro benzene ring substituents is 1. The summed E-state index contributed by atoms with van der Waals surface area (Å²) < 4.78 is 10.5. The van der Waals surface area contributed by atoms with Gasteiger partial charge in [0.2, 0.25) is 0 Å². The molecule has 8 nitrogen and oxygen atoms in total. The summed E-state index contributed by atoms with van der Waals surface area (Å²) in [5, 5.41) is 15.0. The quantitative estimate of drug-likeness (QED) is 0.446. The lowest BCUT2D eigenvalue weighted by molar-refractivity contribution is -0.384. The van der Waals surface area contributed by atoms with Crippen LogP contribution in [0.1, 0.15) is 47.1 Å². The van der Waals surface area contributed by atoms with E-state index in [0.29, 0.717) is 28.6 Å². The van der Waals surface area contributed by atoms with Gasteiger partial charge in [-0.2, -0.15) is 0 Å². The van der Waals surface area contributed by atoms with Crippen molar-refractivity contribution in [1.82, 2.24) is 5.16 Å². The van der Waals surface area contributed by atoms with Crippen molar-refractivity contribution in [2.24, 2.45) is 5.92 Å². The molecular formula is C19H23N3O5. The zero-order valence-corrected chi connectivity index (χ0v) is 15.7. The van der Waals surface area contributed by atoms with Gasteiger partial charge in [-0.05, 0) is 38.7 Å². The highest BCUT2D eigenvalue weighted by Crippen LogP contribution is 2.30. The van der Waals surface area contributed by atoms with E-state index < -0.39 is 10.9 Å². The summed E-state index contributed by atoms with van der Waals surface area (Å²) in [6.45, 7) is 7.35. The summed E-state index contributed by atoms with van der Waals surface area (Å²) in [4.78, 5) is 25.5. The summed E-state index contributed by atoms with van der Waals surface area (Å²) >= 11 is 0. The molecular weight excluding hydrogens is 350 g/mol. The van der Waals surface area contributed by atoms with Gasteiger partial charge in [0.15, 0.2) is 0 Å². The summed E-state index contributed by atoms with van der Waals surface area (Å²) in [6.07, 6.45) is 2.04. The van der Waals surface area contributed by atoms with Crippen LogP contribution in [-0.2, 0) is 11.3 Å². The maximum Gasteiger partial charge on any atom is 0.340 e. The molecule has 0 unspecified atom stereocenters. The molecule has 0 N–H and O–H groups in total. The molecule has 2 heterocycles. The van der Waals surface area contributed by atoms with Crippen molar-refractivity contribution < 1.29 is 19.0 Å². The van der Waals surface area contributed by atoms with Crippen LogP contribution in [0, 0.1) is 29.9 Å². The number of hydrogen-bond donors (Lipinski definition) is 0. The van der Waals surface area contributed by atoms with Gasteiger partial charge < -0.3 is 14.2 Å². The third kappa shape index (κ3) is 4.10. The van der Waals surface area contributed by atoms with Crippen molar-refractivity contribution in [3.63, 3.8) is 0 Å². The van der Waals surface area contributed by atoms with E-state index in [9.17, 15) is 14.9 Å². The molecule has 144 valence electrons. The lowest BCUT2D eigenvalue weighted by atomic mass is 9.98. The highest BCUT2D eigenvalue weighted by molar-refractivity contribution is 5.96. The molecule has 0 bridgehead atoms. The topological polar surface area (TPSA) is 98.7 Å². The Balaban J connectivity index is 1.85. The van der Waals surface area contributed by atoms with E-state index in [-0.39, 0.29) is 17.9 Å². The van der Waals surface area contributed by atoms with Gasteiger partial charge in [0.1, 0.15) is 12.4 Å². The Hall–Kier alpha value is -2.90. The number of aryl methyl sites for hydroxylation is 2. The third-order valence-corrected chi connectivity index (χ3v) is 5.06. The Kier molecular flexibility index (Phi) is 5.43. The molecule has 0 spiro atoms. The van der Waals surface area contributed by atoms with E-state index in [2.05, 4.69) is 17.0 Å². The zero-order valence-electron chi connectivity index (χ0n) is 15.7. The summed E-state index contributed by atoms with van der Waals surface area (Å²) in [6, 6.07) is 4.36. The zero-order chi connectivity index (χ0) is 19.6. The standard InChI is InChI=1S/C19H23N3O5/c1-12-6-8-21(9-7-12)18-5-4-15(22(24)25)10-16(18)19(23)26-11-17-13(2)20-27-14(17)3/h4-5,10,12H,6-9,11H2,1-3H3. The van der Waals surface area contributed by atoms with E-state index in [1.165, 1.54) is 12.1 Å². The van der Waals surface area contributed by atoms with Crippen LogP contribution in [0.25, 0.3) is 0 Å². The number of aromatic nitrogens is 1. The maximum absolute atomic E-state index is 12.7. The Morgan fingerprint density at radius 2 is 2.07 bits per heavy atom. The number of anilines is 1. The van der Waals surface area contributed by atoms with Crippen molar-refractivity contribution >= 4 is 17.3 Å². The van der Waals surface area contributed by atoms with E-state index >= 15 is 0 Å². The van der Waals surface area contributed by atoms with Crippen LogP contribution < -0.4 is 4.90 Å². The Bertz CT molecular complexity index is 834. The van der Waals surface area contributed by atoms with E-state index in [4.69, 9.17) is 9.26 Å². The lowest BCUT2D eigenvalue weighted by Gasteiger charge is -2.33. The molecule has 0 atom stereocenters. The Morgan fingerprint density at radius 3 is 2.67 bits per heavy atom. The predicted octanol–water partition coefficient (Wildman–Crippen LogP) is 3.79. The molecule has 1 aliphatic rings. The third-order valence-electron chi connectivity index (χ3n) is 5.06. The van der Waals surface area contributed by atoms with E-state index in [0.717, 1.165) is 25.9 Å². The minimum atomic E-state index is -0.590. The average molecular weight is 373 g/mol. The number of carbonyl (C=O) groups excluding carboxylic acids is 1. The van der Waals surface area contributed by atoms with Crippen LogP contribution in [0.4, 0.5) is 11.4 Å². The second-order valence-electron chi connectivity index (χ2n) is 7.01. The molecule has 8 heteroatoms. The number of carbonyl (C=O) groups is 1. The van der Waals surface area contributed by atoms with Gasteiger partial charge in [-0.1, -0.05) is 12.1 Å². The van der Waals surface area contributed by atoms with Gasteiger partial charge in [-0.3, -0.25) is 10.1 Å². The number of hydrogen-bond acceptors (Lipinski definition) is 7. The van der Waals surface area contributed by atoms with Gasteiger partial charge in [0, 0.05) is 25.2 Å². The molecule has 0 aliphatic carbocycles. The number of nitrogens with zero attached hydrogens (tertiary/aromatic N) is 3. The van der Waals surface area contributed by atoms with Crippen molar-refractivity contribution in [2.75, 3.05) is 18.0 Å². The largest absolute Gasteiger partial charge is 0.457 e. The maximum atomic E-state index is 12.7. The first kappa shape index (κ1) is 18.9. The Morgan fingerprint density at radius 1 is 1.37 bits per heavy atom. The fourth-order valence-electron chi connectivity index (χ4n) is 3.25. The number of ether oxygens (including phenoxy) is 1. The SMILES string of the molecule is Cc1noc(C)c1COC(=O)c1cc([N+](=O)[O-])ccc1N1CCC(C)CC1. The minimum Gasteiger partial charge on any atom is -0.457 e. The number of piperidine rings is 1. The Labute approximate surface area is 157 Å². The molecule has 27 heavy (non-hydrogen) atoms. The van der Waals surface area contributed by atoms with Crippen molar-refractivity contribution in [3.8, 4) is 0 Å². The minimum absolute atomic E-state index is 0.0131. The number of nitro benzene ring substituents is 1. The van der Waals surface area contributed by atoms with Gasteiger partial charge in [0.25, 0.3) is 5.69 Å². The van der Waals surface area contributed by atoms with Crippen LogP contribution in [0.15, 0.2) is 22.7 Å². The van der Waals surface area contributed by atoms with Crippen molar-refractivity contribution in [2.45, 2.75) is 40.2 Å². The predicted molar refractivity (Wildman–Crippen MR) is 98.8 cm³/mol. The molecule has 1 aromatic carbocycles. The van der Waals surface area contributed by atoms with Crippen LogP contribution in [0.2, 0.25) is 0 Å². The number of rotatable bonds is 5. The molecule has 1 fully saturated rings. The lowest BCUT2D eigenvalue weighted by Crippen LogP contribution is -2.34. The van der Waals surface area contributed by atoms with Crippen LogP contribution >= 0.6 is 0 Å². The monoisotopic (exact) mass is 373 g/mol. The number of benzene rings is 1. The van der Waals surface area contributed by atoms with Crippen molar-refractivity contribution in [3.05, 3.63) is 50.9 Å². The molecule has 1 aliphatic heterocycles. The first-order chi connectivity index (χ1) is 12.9. The first-order valence-electron chi connectivity index (χ1n) is 8.99. The van der Waals surface area contributed by atoms with Gasteiger partial charge in [0.05, 0.1) is 27.4 Å². The van der Waals surface area contributed by atoms with Crippen LogP contribution in [0.5, 0.6) is 0 Å². The fraction of sp³-hybridized carbons (Fsp3) is 0.474. The van der Waals surface area contributed by atoms with Gasteiger partial charge >= 0.3 is 5.97 Å². The van der Waals surface area contributed by atoms with Crippen LogP contribution in [-0.4, -0.2) is 29.1 Å².